The quantitative estimate of drug-likeness (QED) is 0.749. The predicted molar refractivity (Wildman–Crippen MR) is 61.1 cm³/mol. The highest BCUT2D eigenvalue weighted by Gasteiger charge is 2.05. The van der Waals surface area contributed by atoms with Crippen LogP contribution in [-0.4, -0.2) is 12.6 Å². The van der Waals surface area contributed by atoms with Crippen molar-refractivity contribution < 1.29 is 0 Å². The Bertz CT molecular complexity index is 246. The largest absolute Gasteiger partial charge is 0.327 e. The molecule has 14 heavy (non-hydrogen) atoms. The van der Waals surface area contributed by atoms with Gasteiger partial charge in [-0.3, -0.25) is 0 Å². The van der Waals surface area contributed by atoms with Crippen molar-refractivity contribution in [1.29, 1.82) is 0 Å². The van der Waals surface area contributed by atoms with E-state index >= 15 is 0 Å². The van der Waals surface area contributed by atoms with Crippen molar-refractivity contribution in [1.82, 2.24) is 5.32 Å². The molecule has 0 saturated heterocycles. The summed E-state index contributed by atoms with van der Waals surface area (Å²) in [7, 11) is 0. The molecule has 0 aliphatic heterocycles. The van der Waals surface area contributed by atoms with Crippen molar-refractivity contribution in [2.24, 2.45) is 5.73 Å². The molecule has 0 aliphatic rings. The number of nitrogens with one attached hydrogen (secondary N) is 1. The van der Waals surface area contributed by atoms with E-state index in [-0.39, 0.29) is 6.04 Å². The van der Waals surface area contributed by atoms with Gasteiger partial charge in [0.15, 0.2) is 0 Å². The molecular formula is C12H20N2. The molecule has 78 valence electrons. The molecule has 3 N–H and O–H groups in total. The molecule has 1 unspecified atom stereocenters. The molecule has 0 bridgehead atoms. The monoisotopic (exact) mass is 192 g/mol. The molecule has 0 spiro atoms. The van der Waals surface area contributed by atoms with Crippen molar-refractivity contribution in [3.8, 4) is 0 Å². The van der Waals surface area contributed by atoms with Crippen LogP contribution in [0.15, 0.2) is 30.3 Å². The second-order valence-corrected chi connectivity index (χ2v) is 3.71. The second kappa shape index (κ2) is 5.78. The van der Waals surface area contributed by atoms with Gasteiger partial charge >= 0.3 is 0 Å². The van der Waals surface area contributed by atoms with Gasteiger partial charge in [-0.25, -0.2) is 0 Å². The molecule has 0 aromatic heterocycles. The predicted octanol–water partition coefficient (Wildman–Crippen LogP) is 2.07. The molecule has 1 aromatic carbocycles. The first-order chi connectivity index (χ1) is 6.74. The van der Waals surface area contributed by atoms with Gasteiger partial charge in [0.25, 0.3) is 0 Å². The van der Waals surface area contributed by atoms with Crippen LogP contribution in [0, 0.1) is 0 Å². The van der Waals surface area contributed by atoms with E-state index in [9.17, 15) is 0 Å². The van der Waals surface area contributed by atoms with Gasteiger partial charge in [0.2, 0.25) is 0 Å². The molecular weight excluding hydrogens is 172 g/mol. The van der Waals surface area contributed by atoms with Crippen molar-refractivity contribution in [2.75, 3.05) is 6.54 Å². The molecule has 2 atom stereocenters. The first-order valence-corrected chi connectivity index (χ1v) is 5.28. The van der Waals surface area contributed by atoms with Crippen LogP contribution in [0.2, 0.25) is 0 Å². The number of hydrogen-bond acceptors (Lipinski definition) is 2. The minimum absolute atomic E-state index is 0.265. The van der Waals surface area contributed by atoms with Crippen LogP contribution in [0.4, 0.5) is 0 Å². The van der Waals surface area contributed by atoms with Crippen molar-refractivity contribution in [3.63, 3.8) is 0 Å². The molecule has 1 aromatic rings. The SMILES string of the molecule is CCC(N)CN[C@@H](C)c1ccccc1. The Morgan fingerprint density at radius 1 is 1.29 bits per heavy atom. The summed E-state index contributed by atoms with van der Waals surface area (Å²) in [6, 6.07) is 11.1. The lowest BCUT2D eigenvalue weighted by molar-refractivity contribution is 0.508. The molecule has 0 saturated carbocycles. The van der Waals surface area contributed by atoms with Crippen LogP contribution in [0.5, 0.6) is 0 Å². The highest BCUT2D eigenvalue weighted by molar-refractivity contribution is 5.17. The smallest absolute Gasteiger partial charge is 0.0292 e. The summed E-state index contributed by atoms with van der Waals surface area (Å²) >= 11 is 0. The number of nitrogens with two attached hydrogens (primary N) is 1. The Kier molecular flexibility index (Phi) is 4.63. The fraction of sp³-hybridized carbons (Fsp3) is 0.500. The van der Waals surface area contributed by atoms with E-state index < -0.39 is 0 Å². The van der Waals surface area contributed by atoms with E-state index in [1.54, 1.807) is 0 Å². The maximum atomic E-state index is 5.84. The van der Waals surface area contributed by atoms with Gasteiger partial charge in [-0.15, -0.1) is 0 Å². The van der Waals surface area contributed by atoms with Gasteiger partial charge in [-0.2, -0.15) is 0 Å². The lowest BCUT2D eigenvalue weighted by Gasteiger charge is -2.16. The highest BCUT2D eigenvalue weighted by Crippen LogP contribution is 2.10. The van der Waals surface area contributed by atoms with E-state index in [1.165, 1.54) is 5.56 Å². The van der Waals surface area contributed by atoms with Gasteiger partial charge < -0.3 is 11.1 Å². The van der Waals surface area contributed by atoms with Crippen LogP contribution < -0.4 is 11.1 Å². The Morgan fingerprint density at radius 3 is 2.50 bits per heavy atom. The van der Waals surface area contributed by atoms with Gasteiger partial charge in [0.1, 0.15) is 0 Å². The summed E-state index contributed by atoms with van der Waals surface area (Å²) in [5.74, 6) is 0. The Morgan fingerprint density at radius 2 is 1.93 bits per heavy atom. The summed E-state index contributed by atoms with van der Waals surface area (Å²) in [5.41, 5.74) is 7.15. The third kappa shape index (κ3) is 3.48. The Balaban J connectivity index is 2.39. The summed E-state index contributed by atoms with van der Waals surface area (Å²) in [6.45, 7) is 5.16. The molecule has 2 nitrogen and oxygen atoms in total. The molecule has 0 radical (unpaired) electrons. The van der Waals surface area contributed by atoms with Crippen molar-refractivity contribution >= 4 is 0 Å². The van der Waals surface area contributed by atoms with Crippen molar-refractivity contribution in [2.45, 2.75) is 32.4 Å². The number of hydrogen-bond donors (Lipinski definition) is 2. The van der Waals surface area contributed by atoms with Crippen LogP contribution in [0.25, 0.3) is 0 Å². The standard InChI is InChI=1S/C12H20N2/c1-3-12(13)9-14-10(2)11-7-5-4-6-8-11/h4-8,10,12,14H,3,9,13H2,1-2H3/t10-,12?/m0/s1. The first-order valence-electron chi connectivity index (χ1n) is 5.28. The topological polar surface area (TPSA) is 38.0 Å². The first kappa shape index (κ1) is 11.2. The summed E-state index contributed by atoms with van der Waals surface area (Å²) in [4.78, 5) is 0. The average Bonchev–Trinajstić information content (AvgIpc) is 2.26. The molecule has 0 heterocycles. The zero-order chi connectivity index (χ0) is 10.4. The molecule has 0 aliphatic carbocycles. The Hall–Kier alpha value is -0.860. The fourth-order valence-corrected chi connectivity index (χ4v) is 1.33. The summed E-state index contributed by atoms with van der Waals surface area (Å²) < 4.78 is 0. The van der Waals surface area contributed by atoms with E-state index in [1.807, 2.05) is 6.07 Å². The van der Waals surface area contributed by atoms with Crippen molar-refractivity contribution in [3.05, 3.63) is 35.9 Å². The van der Waals surface area contributed by atoms with Crippen LogP contribution in [-0.2, 0) is 0 Å². The maximum Gasteiger partial charge on any atom is 0.0292 e. The van der Waals surface area contributed by atoms with Crippen LogP contribution in [0.3, 0.4) is 0 Å². The highest BCUT2D eigenvalue weighted by atomic mass is 14.9. The lowest BCUT2D eigenvalue weighted by Crippen LogP contribution is -2.34. The molecule has 0 fully saturated rings. The minimum Gasteiger partial charge on any atom is -0.327 e. The van der Waals surface area contributed by atoms with E-state index in [2.05, 4.69) is 43.4 Å². The zero-order valence-electron chi connectivity index (χ0n) is 9.03. The van der Waals surface area contributed by atoms with E-state index in [0.29, 0.717) is 6.04 Å². The zero-order valence-corrected chi connectivity index (χ0v) is 9.03. The second-order valence-electron chi connectivity index (χ2n) is 3.71. The normalized spacial score (nSPS) is 15.1. The molecule has 0 amide bonds. The maximum absolute atomic E-state index is 5.84. The lowest BCUT2D eigenvalue weighted by atomic mass is 10.1. The number of rotatable bonds is 5. The molecule has 2 heteroatoms. The van der Waals surface area contributed by atoms with Crippen LogP contribution >= 0.6 is 0 Å². The summed E-state index contributed by atoms with van der Waals surface area (Å²) in [6.07, 6.45) is 1.02. The van der Waals surface area contributed by atoms with E-state index in [0.717, 1.165) is 13.0 Å². The molecule has 1 rings (SSSR count). The van der Waals surface area contributed by atoms with Gasteiger partial charge in [-0.1, -0.05) is 37.3 Å². The van der Waals surface area contributed by atoms with E-state index in [4.69, 9.17) is 5.73 Å². The van der Waals surface area contributed by atoms with Gasteiger partial charge in [0, 0.05) is 18.6 Å². The minimum atomic E-state index is 0.265. The third-order valence-corrected chi connectivity index (χ3v) is 2.51. The Labute approximate surface area is 86.5 Å². The van der Waals surface area contributed by atoms with Crippen LogP contribution in [0.1, 0.15) is 31.9 Å². The average molecular weight is 192 g/mol. The third-order valence-electron chi connectivity index (χ3n) is 2.51. The summed E-state index contributed by atoms with van der Waals surface area (Å²) in [5, 5.41) is 3.42. The number of benzene rings is 1. The van der Waals surface area contributed by atoms with Gasteiger partial charge in [-0.05, 0) is 18.9 Å². The van der Waals surface area contributed by atoms with Gasteiger partial charge in [0.05, 0.1) is 0 Å². The fourth-order valence-electron chi connectivity index (χ4n) is 1.33.